The lowest BCUT2D eigenvalue weighted by atomic mass is 9.96. The molecule has 6 heteroatoms. The van der Waals surface area contributed by atoms with Crippen LogP contribution >= 0.6 is 0 Å². The van der Waals surface area contributed by atoms with E-state index in [1.54, 1.807) is 21.3 Å². The Hall–Kier alpha value is -1.86. The highest BCUT2D eigenvalue weighted by Crippen LogP contribution is 2.29. The molecule has 2 aromatic rings. The molecule has 4 N–H and O–H groups in total. The first-order chi connectivity index (χ1) is 11.5. The standard InChI is InChI=1S/C18H26N2O3Si/c1-5-6-16-15(13-7-9-14(19)10-8-13)11-12-17(20)18(16)24(21-2,22-3)23-4/h7-12H,5-6,19-20H2,1-4H3. The lowest BCUT2D eigenvalue weighted by Crippen LogP contribution is -2.57. The van der Waals surface area contributed by atoms with Gasteiger partial charge < -0.3 is 24.7 Å². The van der Waals surface area contributed by atoms with Gasteiger partial charge in [0.1, 0.15) is 0 Å². The molecule has 0 heterocycles. The molecule has 0 fully saturated rings. The van der Waals surface area contributed by atoms with Crippen LogP contribution in [0.15, 0.2) is 36.4 Å². The molecule has 0 aromatic heterocycles. The van der Waals surface area contributed by atoms with Crippen molar-refractivity contribution in [2.75, 3.05) is 32.8 Å². The molecule has 0 radical (unpaired) electrons. The molecule has 5 nitrogen and oxygen atoms in total. The molecule has 0 aliphatic heterocycles. The molecule has 0 spiro atoms. The van der Waals surface area contributed by atoms with Gasteiger partial charge in [0.05, 0.1) is 0 Å². The fourth-order valence-electron chi connectivity index (χ4n) is 3.03. The van der Waals surface area contributed by atoms with E-state index in [1.165, 1.54) is 0 Å². The molecule has 24 heavy (non-hydrogen) atoms. The smallest absolute Gasteiger partial charge is 0.399 e. The van der Waals surface area contributed by atoms with Crippen LogP contribution in [0, 0.1) is 0 Å². The fraction of sp³-hybridized carbons (Fsp3) is 0.333. The van der Waals surface area contributed by atoms with E-state index in [0.29, 0.717) is 5.69 Å². The summed E-state index contributed by atoms with van der Waals surface area (Å²) >= 11 is 0. The van der Waals surface area contributed by atoms with Crippen LogP contribution in [0.3, 0.4) is 0 Å². The van der Waals surface area contributed by atoms with Crippen molar-refractivity contribution in [1.82, 2.24) is 0 Å². The minimum absolute atomic E-state index is 0.634. The number of hydrogen-bond acceptors (Lipinski definition) is 5. The van der Waals surface area contributed by atoms with Gasteiger partial charge in [-0.1, -0.05) is 31.5 Å². The molecule has 2 rings (SSSR count). The topological polar surface area (TPSA) is 79.7 Å². The first-order valence-corrected chi connectivity index (χ1v) is 9.68. The highest BCUT2D eigenvalue weighted by molar-refractivity contribution is 6.77. The van der Waals surface area contributed by atoms with Crippen LogP contribution in [0.25, 0.3) is 11.1 Å². The number of nitrogens with two attached hydrogens (primary N) is 2. The van der Waals surface area contributed by atoms with Crippen LogP contribution in [0.1, 0.15) is 18.9 Å². The zero-order valence-electron chi connectivity index (χ0n) is 14.8. The summed E-state index contributed by atoms with van der Waals surface area (Å²) in [5.41, 5.74) is 16.8. The predicted octanol–water partition coefficient (Wildman–Crippen LogP) is 2.56. The average Bonchev–Trinajstić information content (AvgIpc) is 2.60. The second-order valence-electron chi connectivity index (χ2n) is 5.60. The monoisotopic (exact) mass is 346 g/mol. The van der Waals surface area contributed by atoms with Crippen LogP contribution in [0.5, 0.6) is 0 Å². The molecule has 130 valence electrons. The van der Waals surface area contributed by atoms with Crippen LogP contribution in [-0.2, 0) is 19.7 Å². The van der Waals surface area contributed by atoms with Crippen molar-refractivity contribution in [2.24, 2.45) is 0 Å². The highest BCUT2D eigenvalue weighted by atomic mass is 28.4. The number of hydrogen-bond donors (Lipinski definition) is 2. The average molecular weight is 347 g/mol. The van der Waals surface area contributed by atoms with Crippen molar-refractivity contribution in [3.8, 4) is 11.1 Å². The Labute approximate surface area is 144 Å². The van der Waals surface area contributed by atoms with Crippen molar-refractivity contribution in [2.45, 2.75) is 19.8 Å². The summed E-state index contributed by atoms with van der Waals surface area (Å²) in [6.45, 7) is 2.13. The quantitative estimate of drug-likeness (QED) is 0.595. The first kappa shape index (κ1) is 18.5. The second-order valence-corrected chi connectivity index (χ2v) is 8.43. The Morgan fingerprint density at radius 2 is 1.46 bits per heavy atom. The van der Waals surface area contributed by atoms with Crippen molar-refractivity contribution in [1.29, 1.82) is 0 Å². The zero-order chi connectivity index (χ0) is 17.7. The minimum atomic E-state index is -3.04. The molecular weight excluding hydrogens is 320 g/mol. The molecule has 0 saturated carbocycles. The highest BCUT2D eigenvalue weighted by Gasteiger charge is 2.44. The summed E-state index contributed by atoms with van der Waals surface area (Å²) in [4.78, 5) is 0. The van der Waals surface area contributed by atoms with Crippen molar-refractivity contribution in [3.05, 3.63) is 42.0 Å². The molecule has 0 saturated heterocycles. The van der Waals surface area contributed by atoms with Gasteiger partial charge in [-0.3, -0.25) is 0 Å². The molecule has 2 aromatic carbocycles. The third kappa shape index (κ3) is 3.32. The molecule has 0 unspecified atom stereocenters. The van der Waals surface area contributed by atoms with E-state index in [4.69, 9.17) is 24.7 Å². The van der Waals surface area contributed by atoms with Gasteiger partial charge in [0.25, 0.3) is 0 Å². The van der Waals surface area contributed by atoms with Gasteiger partial charge >= 0.3 is 8.80 Å². The molecular formula is C18H26N2O3Si. The third-order valence-electron chi connectivity index (χ3n) is 4.18. The summed E-state index contributed by atoms with van der Waals surface area (Å²) in [5.74, 6) is 0. The number of rotatable bonds is 7. The molecule has 0 amide bonds. The van der Waals surface area contributed by atoms with E-state index < -0.39 is 8.80 Å². The van der Waals surface area contributed by atoms with Gasteiger partial charge in [0, 0.05) is 37.9 Å². The molecule has 0 atom stereocenters. The number of anilines is 2. The van der Waals surface area contributed by atoms with E-state index >= 15 is 0 Å². The van der Waals surface area contributed by atoms with Crippen molar-refractivity contribution < 1.29 is 13.3 Å². The number of nitrogen functional groups attached to an aromatic ring is 2. The van der Waals surface area contributed by atoms with Crippen molar-refractivity contribution >= 4 is 25.4 Å². The van der Waals surface area contributed by atoms with Gasteiger partial charge in [0.2, 0.25) is 0 Å². The predicted molar refractivity (Wildman–Crippen MR) is 101 cm³/mol. The van der Waals surface area contributed by atoms with E-state index in [1.807, 2.05) is 36.4 Å². The Kier molecular flexibility index (Phi) is 6.01. The van der Waals surface area contributed by atoms with Gasteiger partial charge in [-0.2, -0.15) is 0 Å². The summed E-state index contributed by atoms with van der Waals surface area (Å²) in [7, 11) is 1.76. The first-order valence-electron chi connectivity index (χ1n) is 7.96. The van der Waals surface area contributed by atoms with E-state index in [2.05, 4.69) is 6.92 Å². The maximum atomic E-state index is 6.31. The van der Waals surface area contributed by atoms with E-state index in [-0.39, 0.29) is 0 Å². The Bertz CT molecular complexity index is 677. The van der Waals surface area contributed by atoms with E-state index in [9.17, 15) is 0 Å². The summed E-state index contributed by atoms with van der Waals surface area (Å²) in [6, 6.07) is 11.7. The summed E-state index contributed by atoms with van der Waals surface area (Å²) < 4.78 is 17.1. The van der Waals surface area contributed by atoms with Gasteiger partial charge in [-0.25, -0.2) is 0 Å². The Morgan fingerprint density at radius 3 is 1.96 bits per heavy atom. The lowest BCUT2D eigenvalue weighted by Gasteiger charge is -2.29. The lowest BCUT2D eigenvalue weighted by molar-refractivity contribution is 0.140. The molecule has 0 aliphatic carbocycles. The minimum Gasteiger partial charge on any atom is -0.399 e. The normalized spacial score (nSPS) is 11.7. The van der Waals surface area contributed by atoms with Crippen LogP contribution in [0.2, 0.25) is 0 Å². The van der Waals surface area contributed by atoms with Gasteiger partial charge in [0.15, 0.2) is 0 Å². The SMILES string of the molecule is CCCc1c(-c2ccc(N)cc2)ccc(N)c1[Si](OC)(OC)OC. The van der Waals surface area contributed by atoms with Crippen LogP contribution in [-0.4, -0.2) is 30.1 Å². The maximum Gasteiger partial charge on any atom is 0.538 e. The fourth-order valence-corrected chi connectivity index (χ4v) is 5.21. The number of benzene rings is 2. The summed E-state index contributed by atoms with van der Waals surface area (Å²) in [5, 5.41) is 0.853. The maximum absolute atomic E-state index is 6.31. The van der Waals surface area contributed by atoms with Gasteiger partial charge in [-0.05, 0) is 41.3 Å². The third-order valence-corrected chi connectivity index (χ3v) is 6.99. The zero-order valence-corrected chi connectivity index (χ0v) is 15.8. The Morgan fingerprint density at radius 1 is 0.875 bits per heavy atom. The molecule has 0 aliphatic rings. The molecule has 0 bridgehead atoms. The van der Waals surface area contributed by atoms with Crippen LogP contribution < -0.4 is 16.7 Å². The summed E-state index contributed by atoms with van der Waals surface area (Å²) in [6.07, 6.45) is 1.82. The largest absolute Gasteiger partial charge is 0.538 e. The van der Waals surface area contributed by atoms with Gasteiger partial charge in [-0.15, -0.1) is 0 Å². The Balaban J connectivity index is 2.74. The van der Waals surface area contributed by atoms with Crippen LogP contribution in [0.4, 0.5) is 11.4 Å². The van der Waals surface area contributed by atoms with Crippen molar-refractivity contribution in [3.63, 3.8) is 0 Å². The second kappa shape index (κ2) is 7.81. The van der Waals surface area contributed by atoms with E-state index in [0.717, 1.165) is 40.4 Å².